The number of para-hydroxylation sites is 1. The van der Waals surface area contributed by atoms with Gasteiger partial charge in [0.05, 0.1) is 11.2 Å². The second kappa shape index (κ2) is 9.44. The van der Waals surface area contributed by atoms with Crippen LogP contribution in [0.25, 0.3) is 10.9 Å². The molecule has 0 saturated carbocycles. The predicted molar refractivity (Wildman–Crippen MR) is 136 cm³/mol. The zero-order chi connectivity index (χ0) is 26.3. The van der Waals surface area contributed by atoms with Crippen molar-refractivity contribution in [1.82, 2.24) is 14.8 Å². The molecule has 0 fully saturated rings. The summed E-state index contributed by atoms with van der Waals surface area (Å²) in [6.07, 6.45) is -0.811. The number of rotatable bonds is 3. The van der Waals surface area contributed by atoms with E-state index in [4.69, 9.17) is 9.47 Å². The van der Waals surface area contributed by atoms with Crippen molar-refractivity contribution in [1.29, 1.82) is 0 Å². The molecule has 9 nitrogen and oxygen atoms in total. The average molecular weight is 495 g/mol. The molecule has 0 atom stereocenters. The van der Waals surface area contributed by atoms with E-state index in [1.165, 1.54) is 0 Å². The molecule has 0 unspecified atom stereocenters. The lowest BCUT2D eigenvalue weighted by molar-refractivity contribution is -0.123. The quantitative estimate of drug-likeness (QED) is 0.620. The number of fused-ring (bicyclic) bond motifs is 1. The van der Waals surface area contributed by atoms with Gasteiger partial charge in [0.2, 0.25) is 5.91 Å². The van der Waals surface area contributed by atoms with Crippen LogP contribution in [-0.2, 0) is 20.9 Å². The van der Waals surface area contributed by atoms with Crippen molar-refractivity contribution >= 4 is 34.7 Å². The molecule has 2 aliphatic heterocycles. The van der Waals surface area contributed by atoms with Gasteiger partial charge in [-0.05, 0) is 44.1 Å². The Morgan fingerprint density at radius 1 is 0.917 bits per heavy atom. The Labute approximate surface area is 211 Å². The van der Waals surface area contributed by atoms with Gasteiger partial charge in [0, 0.05) is 37.0 Å². The summed E-state index contributed by atoms with van der Waals surface area (Å²) in [5.41, 5.74) is 2.70. The first-order valence-electron chi connectivity index (χ1n) is 12.1. The highest BCUT2D eigenvalue weighted by atomic mass is 16.6. The van der Waals surface area contributed by atoms with E-state index in [1.54, 1.807) is 9.80 Å². The SMILES string of the molecule is CC(C)(C)OC(=O)N1CC2=C(CN(C(=O)OCc3nc4ccccc4cc3NC(=O)C(C)(C)C)C2)C1. The topological polar surface area (TPSA) is 101 Å². The zero-order valence-corrected chi connectivity index (χ0v) is 21.8. The van der Waals surface area contributed by atoms with Gasteiger partial charge in [0.15, 0.2) is 0 Å². The van der Waals surface area contributed by atoms with Gasteiger partial charge in [-0.25, -0.2) is 14.6 Å². The molecule has 192 valence electrons. The number of ether oxygens (including phenoxy) is 2. The van der Waals surface area contributed by atoms with Crippen LogP contribution in [0.5, 0.6) is 0 Å². The van der Waals surface area contributed by atoms with Crippen molar-refractivity contribution in [2.24, 2.45) is 5.41 Å². The molecule has 0 radical (unpaired) electrons. The molecular formula is C27H34N4O5. The van der Waals surface area contributed by atoms with Crippen LogP contribution in [0.2, 0.25) is 0 Å². The highest BCUT2D eigenvalue weighted by Crippen LogP contribution is 2.28. The molecule has 3 heterocycles. The zero-order valence-electron chi connectivity index (χ0n) is 21.8. The number of aromatic nitrogens is 1. The second-order valence-corrected chi connectivity index (χ2v) is 11.3. The highest BCUT2D eigenvalue weighted by Gasteiger charge is 2.36. The minimum atomic E-state index is -0.589. The summed E-state index contributed by atoms with van der Waals surface area (Å²) >= 11 is 0. The smallest absolute Gasteiger partial charge is 0.410 e. The fraction of sp³-hybridized carbons (Fsp3) is 0.481. The van der Waals surface area contributed by atoms with Crippen LogP contribution in [0, 0.1) is 5.41 Å². The van der Waals surface area contributed by atoms with E-state index in [2.05, 4.69) is 10.3 Å². The third-order valence-corrected chi connectivity index (χ3v) is 6.00. The van der Waals surface area contributed by atoms with Gasteiger partial charge < -0.3 is 24.6 Å². The third-order valence-electron chi connectivity index (χ3n) is 6.00. The maximum atomic E-state index is 12.9. The summed E-state index contributed by atoms with van der Waals surface area (Å²) in [7, 11) is 0. The van der Waals surface area contributed by atoms with Gasteiger partial charge in [0.25, 0.3) is 0 Å². The molecule has 3 amide bonds. The average Bonchev–Trinajstić information content (AvgIpc) is 3.35. The molecule has 0 bridgehead atoms. The van der Waals surface area contributed by atoms with Crippen LogP contribution in [-0.4, -0.2) is 64.7 Å². The molecule has 1 aromatic carbocycles. The second-order valence-electron chi connectivity index (χ2n) is 11.3. The molecule has 2 aliphatic rings. The summed E-state index contributed by atoms with van der Waals surface area (Å²) in [6, 6.07) is 9.44. The monoisotopic (exact) mass is 494 g/mol. The first-order chi connectivity index (χ1) is 16.8. The maximum Gasteiger partial charge on any atom is 0.410 e. The minimum absolute atomic E-state index is 0.0748. The Bertz CT molecular complexity index is 1220. The van der Waals surface area contributed by atoms with Crippen molar-refractivity contribution in [2.45, 2.75) is 53.8 Å². The standard InChI is InChI=1S/C27H34N4O5/c1-26(2,3)23(32)29-21-11-17-9-7-8-10-20(17)28-22(21)16-35-24(33)30-12-18-14-31(15-19(18)13-30)25(34)36-27(4,5)6/h7-11H,12-16H2,1-6H3,(H,29,32). The van der Waals surface area contributed by atoms with Gasteiger partial charge in [-0.1, -0.05) is 39.0 Å². The number of anilines is 1. The lowest BCUT2D eigenvalue weighted by Crippen LogP contribution is -2.39. The number of hydrogen-bond donors (Lipinski definition) is 1. The van der Waals surface area contributed by atoms with Crippen LogP contribution in [0.1, 0.15) is 47.2 Å². The minimum Gasteiger partial charge on any atom is -0.444 e. The van der Waals surface area contributed by atoms with Crippen molar-refractivity contribution in [2.75, 3.05) is 31.5 Å². The molecule has 0 saturated heterocycles. The summed E-state index contributed by atoms with van der Waals surface area (Å²) < 4.78 is 11.1. The summed E-state index contributed by atoms with van der Waals surface area (Å²) in [5.74, 6) is -0.151. The van der Waals surface area contributed by atoms with Gasteiger partial charge in [-0.15, -0.1) is 0 Å². The number of pyridine rings is 1. The Balaban J connectivity index is 1.39. The number of benzene rings is 1. The van der Waals surface area contributed by atoms with Gasteiger partial charge in [-0.3, -0.25) is 4.79 Å². The maximum absolute atomic E-state index is 12.9. The van der Waals surface area contributed by atoms with Crippen LogP contribution in [0.4, 0.5) is 15.3 Å². The Hall–Kier alpha value is -3.62. The van der Waals surface area contributed by atoms with Crippen LogP contribution < -0.4 is 5.32 Å². The van der Waals surface area contributed by atoms with Gasteiger partial charge in [-0.2, -0.15) is 0 Å². The lowest BCUT2D eigenvalue weighted by atomic mass is 9.95. The highest BCUT2D eigenvalue weighted by molar-refractivity contribution is 5.97. The summed E-state index contributed by atoms with van der Waals surface area (Å²) in [6.45, 7) is 12.7. The Kier molecular flexibility index (Phi) is 6.68. The Morgan fingerprint density at radius 2 is 1.50 bits per heavy atom. The van der Waals surface area contributed by atoms with E-state index >= 15 is 0 Å². The first-order valence-corrected chi connectivity index (χ1v) is 12.1. The van der Waals surface area contributed by atoms with E-state index < -0.39 is 17.1 Å². The van der Waals surface area contributed by atoms with Gasteiger partial charge in [0.1, 0.15) is 17.9 Å². The Morgan fingerprint density at radius 3 is 2.08 bits per heavy atom. The summed E-state index contributed by atoms with van der Waals surface area (Å²) in [5, 5.41) is 3.82. The number of amides is 3. The van der Waals surface area contributed by atoms with Crippen molar-refractivity contribution in [3.05, 3.63) is 47.2 Å². The van der Waals surface area contributed by atoms with Crippen LogP contribution in [0.15, 0.2) is 41.5 Å². The predicted octanol–water partition coefficient (Wildman–Crippen LogP) is 4.72. The molecule has 0 spiro atoms. The molecule has 36 heavy (non-hydrogen) atoms. The fourth-order valence-electron chi connectivity index (χ4n) is 4.07. The number of hydrogen-bond acceptors (Lipinski definition) is 6. The van der Waals surface area contributed by atoms with Gasteiger partial charge >= 0.3 is 12.2 Å². The fourth-order valence-corrected chi connectivity index (χ4v) is 4.07. The van der Waals surface area contributed by atoms with E-state index in [0.29, 0.717) is 37.6 Å². The molecular weight excluding hydrogens is 460 g/mol. The number of carbonyl (C=O) groups is 3. The molecule has 1 aromatic heterocycles. The molecule has 9 heteroatoms. The van der Waals surface area contributed by atoms with E-state index in [-0.39, 0.29) is 18.6 Å². The molecule has 2 aromatic rings. The van der Waals surface area contributed by atoms with E-state index in [0.717, 1.165) is 22.0 Å². The van der Waals surface area contributed by atoms with Crippen LogP contribution in [0.3, 0.4) is 0 Å². The van der Waals surface area contributed by atoms with E-state index in [9.17, 15) is 14.4 Å². The number of nitrogens with zero attached hydrogens (tertiary/aromatic N) is 3. The first kappa shape index (κ1) is 25.5. The van der Waals surface area contributed by atoms with Crippen molar-refractivity contribution in [3.8, 4) is 0 Å². The molecule has 1 N–H and O–H groups in total. The number of carbonyl (C=O) groups excluding carboxylic acids is 3. The largest absolute Gasteiger partial charge is 0.444 e. The van der Waals surface area contributed by atoms with Crippen molar-refractivity contribution in [3.63, 3.8) is 0 Å². The molecule has 0 aliphatic carbocycles. The third kappa shape index (κ3) is 5.78. The summed E-state index contributed by atoms with van der Waals surface area (Å²) in [4.78, 5) is 45.8. The van der Waals surface area contributed by atoms with E-state index in [1.807, 2.05) is 71.9 Å². The van der Waals surface area contributed by atoms with Crippen molar-refractivity contribution < 1.29 is 23.9 Å². The van der Waals surface area contributed by atoms with Crippen LogP contribution >= 0.6 is 0 Å². The number of nitrogens with one attached hydrogen (secondary N) is 1. The normalized spacial score (nSPS) is 15.8. The lowest BCUT2D eigenvalue weighted by Gasteiger charge is -2.26. The molecule has 4 rings (SSSR count).